The number of anilines is 1. The molecule has 0 radical (unpaired) electrons. The van der Waals surface area contributed by atoms with Gasteiger partial charge in [0, 0.05) is 5.69 Å². The van der Waals surface area contributed by atoms with Crippen LogP contribution in [0.5, 0.6) is 0 Å². The molecule has 1 atom stereocenters. The lowest BCUT2D eigenvalue weighted by atomic mass is 10.1. The lowest BCUT2D eigenvalue weighted by Gasteiger charge is -2.13. The first-order valence-electron chi connectivity index (χ1n) is 6.53. The third-order valence-corrected chi connectivity index (χ3v) is 2.73. The number of carbonyl (C=O) groups excluding carboxylic acids is 1. The molecule has 0 saturated heterocycles. The fourth-order valence-electron chi connectivity index (χ4n) is 1.74. The van der Waals surface area contributed by atoms with Crippen molar-refractivity contribution in [3.05, 3.63) is 29.8 Å². The van der Waals surface area contributed by atoms with E-state index in [0.717, 1.165) is 18.4 Å². The summed E-state index contributed by atoms with van der Waals surface area (Å²) < 4.78 is 0. The van der Waals surface area contributed by atoms with Gasteiger partial charge in [-0.25, -0.2) is 9.59 Å². The van der Waals surface area contributed by atoms with Crippen molar-refractivity contribution < 1.29 is 24.6 Å². The monoisotopic (exact) mass is 294 g/mol. The molecule has 7 heteroatoms. The molecule has 0 aliphatic heterocycles. The Balaban J connectivity index is 2.59. The Hall–Kier alpha value is -2.57. The van der Waals surface area contributed by atoms with Crippen LogP contribution >= 0.6 is 0 Å². The number of carbonyl (C=O) groups is 3. The molecule has 0 aromatic heterocycles. The summed E-state index contributed by atoms with van der Waals surface area (Å²) in [4.78, 5) is 33.0. The molecule has 1 aromatic rings. The number of aryl methyl sites for hydroxylation is 1. The van der Waals surface area contributed by atoms with Gasteiger partial charge >= 0.3 is 18.0 Å². The van der Waals surface area contributed by atoms with E-state index in [1.54, 1.807) is 12.1 Å². The summed E-state index contributed by atoms with van der Waals surface area (Å²) in [5.74, 6) is -2.70. The molecule has 7 nitrogen and oxygen atoms in total. The van der Waals surface area contributed by atoms with E-state index in [4.69, 9.17) is 10.2 Å². The van der Waals surface area contributed by atoms with E-state index in [1.807, 2.05) is 12.1 Å². The van der Waals surface area contributed by atoms with E-state index < -0.39 is 30.4 Å². The fraction of sp³-hybridized carbons (Fsp3) is 0.357. The van der Waals surface area contributed by atoms with Gasteiger partial charge in [0.1, 0.15) is 6.04 Å². The van der Waals surface area contributed by atoms with Gasteiger partial charge in [-0.15, -0.1) is 0 Å². The van der Waals surface area contributed by atoms with Crippen molar-refractivity contribution in [2.24, 2.45) is 0 Å². The molecule has 1 rings (SSSR count). The number of aliphatic carboxylic acids is 2. The Morgan fingerprint density at radius 1 is 1.14 bits per heavy atom. The summed E-state index contributed by atoms with van der Waals surface area (Å²) >= 11 is 0. The van der Waals surface area contributed by atoms with Crippen molar-refractivity contribution in [2.75, 3.05) is 5.32 Å². The predicted octanol–water partition coefficient (Wildman–Crippen LogP) is 1.69. The Morgan fingerprint density at radius 2 is 1.76 bits per heavy atom. The smallest absolute Gasteiger partial charge is 0.326 e. The summed E-state index contributed by atoms with van der Waals surface area (Å²) in [6.07, 6.45) is 1.27. The number of hydrogen-bond acceptors (Lipinski definition) is 3. The molecule has 1 unspecified atom stereocenters. The van der Waals surface area contributed by atoms with Gasteiger partial charge in [0.15, 0.2) is 0 Å². The van der Waals surface area contributed by atoms with Crippen molar-refractivity contribution >= 4 is 23.7 Å². The van der Waals surface area contributed by atoms with Gasteiger partial charge < -0.3 is 20.8 Å². The molecule has 0 aliphatic rings. The molecule has 21 heavy (non-hydrogen) atoms. The molecule has 0 bridgehead atoms. The van der Waals surface area contributed by atoms with E-state index in [9.17, 15) is 14.4 Å². The highest BCUT2D eigenvalue weighted by Crippen LogP contribution is 2.11. The number of hydrogen-bond donors (Lipinski definition) is 4. The highest BCUT2D eigenvalue weighted by molar-refractivity contribution is 5.93. The Labute approximate surface area is 122 Å². The van der Waals surface area contributed by atoms with Crippen molar-refractivity contribution in [3.63, 3.8) is 0 Å². The van der Waals surface area contributed by atoms with Crippen LogP contribution in [0, 0.1) is 0 Å². The number of carboxylic acid groups (broad SMARTS) is 2. The molecular formula is C14H18N2O5. The predicted molar refractivity (Wildman–Crippen MR) is 76.3 cm³/mol. The molecule has 0 saturated carbocycles. The van der Waals surface area contributed by atoms with Crippen LogP contribution in [-0.4, -0.2) is 34.2 Å². The average Bonchev–Trinajstić information content (AvgIpc) is 2.40. The van der Waals surface area contributed by atoms with Gasteiger partial charge in [-0.1, -0.05) is 25.5 Å². The third-order valence-electron chi connectivity index (χ3n) is 2.73. The standard InChI is InChI=1S/C14H18N2O5/c1-2-3-9-4-6-10(7-5-9)15-14(21)16-11(13(19)20)8-12(17)18/h4-7,11H,2-3,8H2,1H3,(H,17,18)(H,19,20)(H2,15,16,21). The van der Waals surface area contributed by atoms with Crippen LogP contribution in [0.15, 0.2) is 24.3 Å². The summed E-state index contributed by atoms with van der Waals surface area (Å²) in [6, 6.07) is 4.92. The molecule has 0 fully saturated rings. The number of carboxylic acids is 2. The maximum absolute atomic E-state index is 11.6. The molecule has 0 spiro atoms. The fourth-order valence-corrected chi connectivity index (χ4v) is 1.74. The zero-order valence-corrected chi connectivity index (χ0v) is 11.6. The first kappa shape index (κ1) is 16.5. The molecule has 0 heterocycles. The zero-order chi connectivity index (χ0) is 15.8. The van der Waals surface area contributed by atoms with Crippen molar-refractivity contribution in [1.29, 1.82) is 0 Å². The Bertz CT molecular complexity index is 513. The summed E-state index contributed by atoms with van der Waals surface area (Å²) in [6.45, 7) is 2.06. The average molecular weight is 294 g/mol. The topological polar surface area (TPSA) is 116 Å². The lowest BCUT2D eigenvalue weighted by Crippen LogP contribution is -2.44. The van der Waals surface area contributed by atoms with Crippen molar-refractivity contribution in [3.8, 4) is 0 Å². The summed E-state index contributed by atoms with van der Waals surface area (Å²) in [5.41, 5.74) is 1.64. The molecule has 4 N–H and O–H groups in total. The van der Waals surface area contributed by atoms with E-state index in [2.05, 4.69) is 17.6 Å². The Morgan fingerprint density at radius 3 is 2.24 bits per heavy atom. The normalized spacial score (nSPS) is 11.5. The first-order valence-corrected chi connectivity index (χ1v) is 6.53. The molecular weight excluding hydrogens is 276 g/mol. The van der Waals surface area contributed by atoms with Gasteiger partial charge in [0.05, 0.1) is 6.42 Å². The maximum Gasteiger partial charge on any atom is 0.326 e. The number of benzene rings is 1. The van der Waals surface area contributed by atoms with Crippen molar-refractivity contribution in [2.45, 2.75) is 32.2 Å². The Kier molecular flexibility index (Phi) is 6.19. The molecule has 1 aromatic carbocycles. The lowest BCUT2D eigenvalue weighted by molar-refractivity contribution is -0.145. The van der Waals surface area contributed by atoms with Gasteiger partial charge in [-0.3, -0.25) is 4.79 Å². The SMILES string of the molecule is CCCc1ccc(NC(=O)NC(CC(=O)O)C(=O)O)cc1. The second-order valence-corrected chi connectivity index (χ2v) is 4.53. The van der Waals surface area contributed by atoms with Crippen LogP contribution < -0.4 is 10.6 Å². The number of rotatable bonds is 7. The van der Waals surface area contributed by atoms with Gasteiger partial charge in [-0.2, -0.15) is 0 Å². The molecule has 114 valence electrons. The zero-order valence-electron chi connectivity index (χ0n) is 11.6. The highest BCUT2D eigenvalue weighted by atomic mass is 16.4. The second kappa shape index (κ2) is 7.88. The highest BCUT2D eigenvalue weighted by Gasteiger charge is 2.22. The summed E-state index contributed by atoms with van der Waals surface area (Å²) in [7, 11) is 0. The van der Waals surface area contributed by atoms with Gasteiger partial charge in [-0.05, 0) is 24.1 Å². The van der Waals surface area contributed by atoms with E-state index in [0.29, 0.717) is 5.69 Å². The van der Waals surface area contributed by atoms with Crippen LogP contribution in [0.2, 0.25) is 0 Å². The quantitative estimate of drug-likeness (QED) is 0.610. The number of nitrogens with one attached hydrogen (secondary N) is 2. The molecule has 0 aliphatic carbocycles. The minimum Gasteiger partial charge on any atom is -0.481 e. The van der Waals surface area contributed by atoms with E-state index in [-0.39, 0.29) is 0 Å². The molecule has 2 amide bonds. The minimum absolute atomic E-state index is 0.506. The van der Waals surface area contributed by atoms with Crippen molar-refractivity contribution in [1.82, 2.24) is 5.32 Å². The number of amides is 2. The maximum atomic E-state index is 11.6. The third kappa shape index (κ3) is 5.94. The summed E-state index contributed by atoms with van der Waals surface area (Å²) in [5, 5.41) is 22.0. The van der Waals surface area contributed by atoms with E-state index >= 15 is 0 Å². The minimum atomic E-state index is -1.47. The number of urea groups is 1. The largest absolute Gasteiger partial charge is 0.481 e. The van der Waals surface area contributed by atoms with Crippen LogP contribution in [0.25, 0.3) is 0 Å². The van der Waals surface area contributed by atoms with Crippen LogP contribution in [0.4, 0.5) is 10.5 Å². The first-order chi connectivity index (χ1) is 9.92. The van der Waals surface area contributed by atoms with Crippen LogP contribution in [0.3, 0.4) is 0 Å². The van der Waals surface area contributed by atoms with Crippen LogP contribution in [-0.2, 0) is 16.0 Å². The second-order valence-electron chi connectivity index (χ2n) is 4.53. The van der Waals surface area contributed by atoms with E-state index in [1.165, 1.54) is 0 Å². The van der Waals surface area contributed by atoms with Crippen LogP contribution in [0.1, 0.15) is 25.3 Å². The van der Waals surface area contributed by atoms with Gasteiger partial charge in [0.25, 0.3) is 0 Å². The van der Waals surface area contributed by atoms with Gasteiger partial charge in [0.2, 0.25) is 0 Å².